The molecule has 0 aliphatic heterocycles. The van der Waals surface area contributed by atoms with E-state index < -0.39 is 0 Å². The van der Waals surface area contributed by atoms with Crippen molar-refractivity contribution in [2.45, 2.75) is 0 Å². The summed E-state index contributed by atoms with van der Waals surface area (Å²) in [5, 5.41) is 22.0. The van der Waals surface area contributed by atoms with Crippen molar-refractivity contribution in [1.29, 1.82) is 5.26 Å². The van der Waals surface area contributed by atoms with Crippen LogP contribution in [0, 0.1) is 11.3 Å². The minimum absolute atomic E-state index is 0.0869. The Hall–Kier alpha value is -4.50. The topological polar surface area (TPSA) is 95.8 Å². The number of phenolic OH excluding ortho intramolecular Hbond substituents is 1. The highest BCUT2D eigenvalue weighted by atomic mass is 16.4. The predicted octanol–water partition coefficient (Wildman–Crippen LogP) is 6.28. The lowest BCUT2D eigenvalue weighted by atomic mass is 10.0. The summed E-state index contributed by atoms with van der Waals surface area (Å²) in [6.07, 6.45) is 6.07. The molecule has 0 fully saturated rings. The molecule has 0 saturated heterocycles. The van der Waals surface area contributed by atoms with Crippen LogP contribution in [-0.2, 0) is 0 Å². The highest BCUT2D eigenvalue weighted by Gasteiger charge is 2.25. The van der Waals surface area contributed by atoms with Gasteiger partial charge in [-0.1, -0.05) is 30.3 Å². The summed E-state index contributed by atoms with van der Waals surface area (Å²) >= 11 is 0. The van der Waals surface area contributed by atoms with Crippen molar-refractivity contribution in [1.82, 2.24) is 0 Å². The van der Waals surface area contributed by atoms with Gasteiger partial charge >= 0.3 is 0 Å². The maximum atomic E-state index is 10.4. The first kappa shape index (κ1) is 17.6. The highest BCUT2D eigenvalue weighted by Crippen LogP contribution is 2.43. The number of aliphatic imine (C=N–C) groups is 1. The molecule has 0 atom stereocenters. The number of rotatable bonds is 4. The van der Waals surface area contributed by atoms with Crippen molar-refractivity contribution in [3.8, 4) is 34.5 Å². The Morgan fingerprint density at radius 3 is 2.67 bits per heavy atom. The predicted molar refractivity (Wildman–Crippen MR) is 112 cm³/mol. The standard InChI is InChI=1S/C24H14N2O4/c25-12-18-22(21-6-3-10-29-21)23(16-9-11-28-14-16)30-24(18)26-13-19-17-5-2-1-4-15(17)7-8-20(19)27/h1-11,13-14,27H/b26-13+. The molecule has 0 aliphatic carbocycles. The molecule has 5 aromatic rings. The van der Waals surface area contributed by atoms with E-state index in [1.54, 1.807) is 24.3 Å². The van der Waals surface area contributed by atoms with Crippen LogP contribution < -0.4 is 0 Å². The van der Waals surface area contributed by atoms with Gasteiger partial charge in [-0.15, -0.1) is 0 Å². The van der Waals surface area contributed by atoms with Gasteiger partial charge in [-0.05, 0) is 35.0 Å². The minimum atomic E-state index is 0.0869. The van der Waals surface area contributed by atoms with Crippen LogP contribution in [-0.4, -0.2) is 11.3 Å². The summed E-state index contributed by atoms with van der Waals surface area (Å²) in [5.74, 6) is 1.11. The smallest absolute Gasteiger partial charge is 0.238 e. The lowest BCUT2D eigenvalue weighted by Gasteiger charge is -2.04. The molecule has 144 valence electrons. The van der Waals surface area contributed by atoms with E-state index in [2.05, 4.69) is 11.1 Å². The summed E-state index contributed by atoms with van der Waals surface area (Å²) < 4.78 is 16.6. The third kappa shape index (κ3) is 2.86. The largest absolute Gasteiger partial charge is 0.507 e. The summed E-state index contributed by atoms with van der Waals surface area (Å²) in [7, 11) is 0. The fraction of sp³-hybridized carbons (Fsp3) is 0. The summed E-state index contributed by atoms with van der Waals surface area (Å²) in [6.45, 7) is 0. The average molecular weight is 394 g/mol. The molecule has 0 saturated carbocycles. The van der Waals surface area contributed by atoms with Crippen LogP contribution in [0.15, 0.2) is 91.6 Å². The van der Waals surface area contributed by atoms with Crippen molar-refractivity contribution < 1.29 is 18.4 Å². The van der Waals surface area contributed by atoms with E-state index >= 15 is 0 Å². The van der Waals surface area contributed by atoms with Crippen molar-refractivity contribution >= 4 is 22.9 Å². The summed E-state index contributed by atoms with van der Waals surface area (Å²) in [5.41, 5.74) is 1.93. The number of phenols is 1. The lowest BCUT2D eigenvalue weighted by molar-refractivity contribution is 0.475. The second-order valence-electron chi connectivity index (χ2n) is 6.57. The van der Waals surface area contributed by atoms with Crippen LogP contribution in [0.4, 0.5) is 5.88 Å². The van der Waals surface area contributed by atoms with E-state index in [4.69, 9.17) is 13.3 Å². The van der Waals surface area contributed by atoms with Crippen molar-refractivity contribution in [3.05, 3.63) is 84.5 Å². The molecule has 1 N–H and O–H groups in total. The summed E-state index contributed by atoms with van der Waals surface area (Å²) in [4.78, 5) is 4.41. The SMILES string of the molecule is N#Cc1c(/N=C/c2c(O)ccc3ccccc23)oc(-c2ccoc2)c1-c1ccco1. The molecule has 30 heavy (non-hydrogen) atoms. The van der Waals surface area contributed by atoms with Crippen LogP contribution in [0.25, 0.3) is 33.4 Å². The van der Waals surface area contributed by atoms with Gasteiger partial charge < -0.3 is 18.4 Å². The van der Waals surface area contributed by atoms with Crippen LogP contribution in [0.1, 0.15) is 11.1 Å². The van der Waals surface area contributed by atoms with Gasteiger partial charge in [-0.2, -0.15) is 5.26 Å². The Morgan fingerprint density at radius 2 is 1.90 bits per heavy atom. The molecule has 6 nitrogen and oxygen atoms in total. The number of hydrogen-bond donors (Lipinski definition) is 1. The number of nitriles is 1. The number of furan rings is 3. The van der Waals surface area contributed by atoms with Gasteiger partial charge in [-0.3, -0.25) is 0 Å². The Labute approximate surface area is 170 Å². The molecule has 3 aromatic heterocycles. The number of nitrogens with zero attached hydrogens (tertiary/aromatic N) is 2. The van der Waals surface area contributed by atoms with Gasteiger partial charge in [0.2, 0.25) is 5.88 Å². The maximum Gasteiger partial charge on any atom is 0.238 e. The normalized spacial score (nSPS) is 11.3. The zero-order chi connectivity index (χ0) is 20.5. The molecule has 0 aliphatic rings. The second kappa shape index (κ2) is 7.15. The molecular formula is C24H14N2O4. The molecule has 0 amide bonds. The van der Waals surface area contributed by atoms with Crippen molar-refractivity contribution in [2.24, 2.45) is 4.99 Å². The zero-order valence-electron chi connectivity index (χ0n) is 15.6. The number of fused-ring (bicyclic) bond motifs is 1. The van der Waals surface area contributed by atoms with Crippen LogP contribution in [0.5, 0.6) is 5.75 Å². The van der Waals surface area contributed by atoms with E-state index in [0.29, 0.717) is 28.2 Å². The first-order valence-corrected chi connectivity index (χ1v) is 9.14. The van der Waals surface area contributed by atoms with Crippen molar-refractivity contribution in [3.63, 3.8) is 0 Å². The van der Waals surface area contributed by atoms with Crippen molar-refractivity contribution in [2.75, 3.05) is 0 Å². The van der Waals surface area contributed by atoms with Crippen LogP contribution in [0.3, 0.4) is 0 Å². The van der Waals surface area contributed by atoms with Gasteiger partial charge in [0.1, 0.15) is 29.4 Å². The van der Waals surface area contributed by atoms with Gasteiger partial charge in [-0.25, -0.2) is 4.99 Å². The van der Waals surface area contributed by atoms with Gasteiger partial charge in [0.15, 0.2) is 5.76 Å². The van der Waals surface area contributed by atoms with E-state index in [-0.39, 0.29) is 17.2 Å². The first-order chi connectivity index (χ1) is 14.8. The van der Waals surface area contributed by atoms with E-state index in [9.17, 15) is 10.4 Å². The average Bonchev–Trinajstić information content (AvgIpc) is 3.53. The molecule has 5 rings (SSSR count). The van der Waals surface area contributed by atoms with E-state index in [1.807, 2.05) is 30.3 Å². The van der Waals surface area contributed by atoms with Crippen LogP contribution in [0.2, 0.25) is 0 Å². The third-order valence-electron chi connectivity index (χ3n) is 4.81. The monoisotopic (exact) mass is 394 g/mol. The number of hydrogen-bond acceptors (Lipinski definition) is 6. The Bertz CT molecular complexity index is 1400. The van der Waals surface area contributed by atoms with Gasteiger partial charge in [0, 0.05) is 11.8 Å². The van der Waals surface area contributed by atoms with Gasteiger partial charge in [0.25, 0.3) is 0 Å². The Morgan fingerprint density at radius 1 is 1.00 bits per heavy atom. The zero-order valence-corrected chi connectivity index (χ0v) is 15.6. The number of aromatic hydroxyl groups is 1. The maximum absolute atomic E-state index is 10.4. The van der Waals surface area contributed by atoms with E-state index in [1.165, 1.54) is 25.0 Å². The molecule has 2 aromatic carbocycles. The fourth-order valence-corrected chi connectivity index (χ4v) is 3.41. The van der Waals surface area contributed by atoms with E-state index in [0.717, 1.165) is 10.8 Å². The molecule has 0 bridgehead atoms. The summed E-state index contributed by atoms with van der Waals surface area (Å²) in [6, 6.07) is 18.5. The molecule has 0 spiro atoms. The molecule has 3 heterocycles. The molecule has 6 heteroatoms. The lowest BCUT2D eigenvalue weighted by Crippen LogP contribution is -1.86. The number of benzene rings is 2. The van der Waals surface area contributed by atoms with Gasteiger partial charge in [0.05, 0.1) is 23.7 Å². The molecule has 0 unspecified atom stereocenters. The minimum Gasteiger partial charge on any atom is -0.507 e. The highest BCUT2D eigenvalue weighted by molar-refractivity contribution is 6.03. The Balaban J connectivity index is 1.69. The van der Waals surface area contributed by atoms with Crippen LogP contribution >= 0.6 is 0 Å². The quantitative estimate of drug-likeness (QED) is 0.362. The first-order valence-electron chi connectivity index (χ1n) is 9.14. The Kier molecular flexibility index (Phi) is 4.19. The second-order valence-corrected chi connectivity index (χ2v) is 6.57. The third-order valence-corrected chi connectivity index (χ3v) is 4.81. The molecular weight excluding hydrogens is 380 g/mol. The fourth-order valence-electron chi connectivity index (χ4n) is 3.41. The molecule has 0 radical (unpaired) electrons.